The van der Waals surface area contributed by atoms with Gasteiger partial charge < -0.3 is 10.2 Å². The molecule has 2 amide bonds. The molecule has 6 heteroatoms. The Labute approximate surface area is 200 Å². The minimum absolute atomic E-state index is 0.104. The van der Waals surface area contributed by atoms with Gasteiger partial charge in [-0.25, -0.2) is 0 Å². The summed E-state index contributed by atoms with van der Waals surface area (Å²) in [5.74, 6) is 0.133. The van der Waals surface area contributed by atoms with Crippen LogP contribution in [0.4, 0.5) is 5.69 Å². The van der Waals surface area contributed by atoms with Gasteiger partial charge in [0.25, 0.3) is 0 Å². The van der Waals surface area contributed by atoms with Crippen molar-refractivity contribution in [2.45, 2.75) is 71.1 Å². The van der Waals surface area contributed by atoms with Crippen molar-refractivity contribution in [3.63, 3.8) is 0 Å². The topological polar surface area (TPSA) is 61.8 Å². The summed E-state index contributed by atoms with van der Waals surface area (Å²) in [4.78, 5) is 30.8. The fourth-order valence-corrected chi connectivity index (χ4v) is 9.66. The van der Waals surface area contributed by atoms with Crippen LogP contribution in [0.2, 0.25) is 12.1 Å². The van der Waals surface area contributed by atoms with Gasteiger partial charge in [0.05, 0.1) is 0 Å². The van der Waals surface area contributed by atoms with Gasteiger partial charge >= 0.3 is 0 Å². The molecule has 1 aliphatic rings. The molecule has 0 saturated carbocycles. The quantitative estimate of drug-likeness (QED) is 0.154. The molecule has 0 aliphatic carbocycles. The van der Waals surface area contributed by atoms with Crippen LogP contribution < -0.4 is 15.4 Å². The Morgan fingerprint density at radius 1 is 1.15 bits per heavy atom. The lowest BCUT2D eigenvalue weighted by atomic mass is 10.1. The molecule has 1 aromatic rings. The number of nitrogens with zero attached hydrogens (tertiary/aromatic N) is 2. The van der Waals surface area contributed by atoms with Crippen molar-refractivity contribution in [1.29, 1.82) is 0 Å². The third-order valence-electron chi connectivity index (χ3n) is 6.83. The van der Waals surface area contributed by atoms with Crippen LogP contribution in [0.25, 0.3) is 0 Å². The number of amides is 2. The van der Waals surface area contributed by atoms with Crippen molar-refractivity contribution in [3.8, 4) is 0 Å². The molecule has 1 unspecified atom stereocenters. The highest BCUT2D eigenvalue weighted by atomic mass is 28.3. The van der Waals surface area contributed by atoms with Gasteiger partial charge in [0, 0.05) is 36.6 Å². The second-order valence-electron chi connectivity index (χ2n) is 8.69. The zero-order chi connectivity index (χ0) is 24.3. The van der Waals surface area contributed by atoms with Crippen LogP contribution in [0.5, 0.6) is 0 Å². The predicted octanol–water partition coefficient (Wildman–Crippen LogP) is 5.05. The molecule has 5 nitrogen and oxygen atoms in total. The van der Waals surface area contributed by atoms with Crippen LogP contribution >= 0.6 is 0 Å². The van der Waals surface area contributed by atoms with Crippen LogP contribution in [0.3, 0.4) is 0 Å². The molecule has 0 spiro atoms. The molecule has 2 rings (SSSR count). The number of benzene rings is 1. The van der Waals surface area contributed by atoms with Crippen LogP contribution in [-0.2, 0) is 9.59 Å². The molecule has 1 atom stereocenters. The number of carbonyl (C=O) groups excluding carboxylic acids is 2. The third kappa shape index (κ3) is 6.63. The lowest BCUT2D eigenvalue weighted by Gasteiger charge is -2.33. The molecule has 0 fully saturated rings. The smallest absolute Gasteiger partial charge is 0.243 e. The molecule has 178 valence electrons. The maximum atomic E-state index is 13.2. The van der Waals surface area contributed by atoms with E-state index >= 15 is 0 Å². The maximum Gasteiger partial charge on any atom is 0.243 e. The predicted molar refractivity (Wildman–Crippen MR) is 143 cm³/mol. The number of nitrogens with one attached hydrogen (secondary N) is 1. The van der Waals surface area contributed by atoms with Crippen molar-refractivity contribution in [2.24, 2.45) is 4.99 Å². The average molecular weight is 466 g/mol. The normalized spacial score (nSPS) is 17.5. The largest absolute Gasteiger partial charge is 0.353 e. The summed E-state index contributed by atoms with van der Waals surface area (Å²) in [6, 6.07) is 10.9. The zero-order valence-corrected chi connectivity index (χ0v) is 21.6. The maximum absolute atomic E-state index is 13.2. The molecule has 0 bridgehead atoms. The average Bonchev–Trinajstić information content (AvgIpc) is 3.07. The lowest BCUT2D eigenvalue weighted by Crippen LogP contribution is -2.55. The van der Waals surface area contributed by atoms with Gasteiger partial charge in [0.2, 0.25) is 11.8 Å². The van der Waals surface area contributed by atoms with E-state index in [1.54, 1.807) is 18.4 Å². The van der Waals surface area contributed by atoms with E-state index in [1.165, 1.54) is 11.3 Å². The monoisotopic (exact) mass is 465 g/mol. The molecular formula is C27H39N3O2Si. The molecule has 1 aliphatic heterocycles. The zero-order valence-electron chi connectivity index (χ0n) is 20.6. The Morgan fingerprint density at radius 2 is 1.88 bits per heavy atom. The second-order valence-corrected chi connectivity index (χ2v) is 13.8. The molecule has 1 N–H and O–H groups in total. The van der Waals surface area contributed by atoms with Gasteiger partial charge in [-0.1, -0.05) is 68.3 Å². The molecule has 0 radical (unpaired) electrons. The first-order valence-corrected chi connectivity index (χ1v) is 14.6. The van der Waals surface area contributed by atoms with E-state index in [0.717, 1.165) is 42.6 Å². The number of fused-ring (bicyclic) bond motifs is 1. The SMILES string of the molecule is C=N\C=C/C=C(C)/C=C/C(=O)NCCCCCC(=O)N1c2ccccc2[Si](CC)(CC)C1C. The Balaban J connectivity index is 1.78. The number of allylic oxidation sites excluding steroid dienone is 4. The number of unbranched alkanes of at least 4 members (excludes halogenated alkanes) is 2. The van der Waals surface area contributed by atoms with Crippen molar-refractivity contribution in [2.75, 3.05) is 11.4 Å². The Morgan fingerprint density at radius 3 is 2.58 bits per heavy atom. The van der Waals surface area contributed by atoms with Crippen LogP contribution in [0.1, 0.15) is 53.4 Å². The van der Waals surface area contributed by atoms with Crippen LogP contribution in [-0.4, -0.2) is 38.8 Å². The van der Waals surface area contributed by atoms with E-state index in [1.807, 2.05) is 19.1 Å². The highest BCUT2D eigenvalue weighted by Crippen LogP contribution is 2.36. The third-order valence-corrected chi connectivity index (χ3v) is 12.7. The fourth-order valence-electron chi connectivity index (χ4n) is 4.84. The molecule has 33 heavy (non-hydrogen) atoms. The molecule has 1 aromatic carbocycles. The van der Waals surface area contributed by atoms with E-state index in [4.69, 9.17) is 0 Å². The van der Waals surface area contributed by atoms with Gasteiger partial charge in [0.1, 0.15) is 8.07 Å². The van der Waals surface area contributed by atoms with Crippen LogP contribution in [0, 0.1) is 0 Å². The first kappa shape index (κ1) is 26.5. The van der Waals surface area contributed by atoms with E-state index in [9.17, 15) is 9.59 Å². The number of carbonyl (C=O) groups is 2. The molecule has 1 heterocycles. The summed E-state index contributed by atoms with van der Waals surface area (Å²) in [5, 5.41) is 4.35. The van der Waals surface area contributed by atoms with Crippen molar-refractivity contribution in [3.05, 3.63) is 60.3 Å². The van der Waals surface area contributed by atoms with Gasteiger partial charge in [-0.2, -0.15) is 0 Å². The van der Waals surface area contributed by atoms with Gasteiger partial charge in [-0.05, 0) is 50.7 Å². The number of para-hydroxylation sites is 1. The van der Waals surface area contributed by atoms with E-state index in [2.05, 4.69) is 60.9 Å². The first-order chi connectivity index (χ1) is 15.9. The van der Waals surface area contributed by atoms with E-state index in [0.29, 0.717) is 18.6 Å². The summed E-state index contributed by atoms with van der Waals surface area (Å²) in [7, 11) is -1.69. The second kappa shape index (κ2) is 13.1. The summed E-state index contributed by atoms with van der Waals surface area (Å²) in [5.41, 5.74) is 2.41. The van der Waals surface area contributed by atoms with E-state index < -0.39 is 8.07 Å². The van der Waals surface area contributed by atoms with Crippen LogP contribution in [0.15, 0.2) is 65.3 Å². The number of aliphatic imine (C=N–C) groups is 1. The Bertz CT molecular complexity index is 916. The van der Waals surface area contributed by atoms with Gasteiger partial charge in [-0.15, -0.1) is 0 Å². The highest BCUT2D eigenvalue weighted by Gasteiger charge is 2.49. The van der Waals surface area contributed by atoms with E-state index in [-0.39, 0.29) is 11.8 Å². The summed E-state index contributed by atoms with van der Waals surface area (Å²) >= 11 is 0. The van der Waals surface area contributed by atoms with Gasteiger partial charge in [-0.3, -0.25) is 14.6 Å². The Kier molecular flexibility index (Phi) is 10.5. The van der Waals surface area contributed by atoms with Gasteiger partial charge in [0.15, 0.2) is 0 Å². The number of hydrogen-bond donors (Lipinski definition) is 1. The fraction of sp³-hybridized carbons (Fsp3) is 0.444. The number of rotatable bonds is 12. The summed E-state index contributed by atoms with van der Waals surface area (Å²) in [6.07, 6.45) is 11.7. The highest BCUT2D eigenvalue weighted by molar-refractivity contribution is 6.96. The first-order valence-electron chi connectivity index (χ1n) is 12.1. The number of anilines is 1. The summed E-state index contributed by atoms with van der Waals surface area (Å²) < 4.78 is 0. The standard InChI is InChI=1S/C27H39N3O2Si/c1-6-33(7-2)23(4)30(24-15-10-11-16-25(24)33)27(32)17-9-8-12-21-29-26(31)19-18-22(3)14-13-20-28-5/h10-11,13-16,18-20,23H,5-9,12,17,21H2,1-4H3,(H,29,31)/b19-18+,20-13-,22-14+. The minimum Gasteiger partial charge on any atom is -0.353 e. The molecule has 0 saturated heterocycles. The summed E-state index contributed by atoms with van der Waals surface area (Å²) in [6.45, 7) is 12.7. The van der Waals surface area contributed by atoms with Crippen molar-refractivity contribution in [1.82, 2.24) is 5.32 Å². The molecular weight excluding hydrogens is 426 g/mol. The number of hydrogen-bond acceptors (Lipinski definition) is 3. The minimum atomic E-state index is -1.69. The molecule has 0 aromatic heterocycles. The Hall–Kier alpha value is -2.73. The van der Waals surface area contributed by atoms with Crippen molar-refractivity contribution >= 4 is 37.5 Å². The van der Waals surface area contributed by atoms with Crippen molar-refractivity contribution < 1.29 is 9.59 Å². The lowest BCUT2D eigenvalue weighted by molar-refractivity contribution is -0.119.